The molecule has 2 amide bonds. The van der Waals surface area contributed by atoms with Crippen molar-refractivity contribution in [3.8, 4) is 11.1 Å². The molecular formula is C27H25BrN2O5. The molecule has 3 aromatic rings. The first kappa shape index (κ1) is 24.5. The van der Waals surface area contributed by atoms with Crippen LogP contribution in [0, 0.1) is 0 Å². The highest BCUT2D eigenvalue weighted by molar-refractivity contribution is 9.10. The highest BCUT2D eigenvalue weighted by Crippen LogP contribution is 2.44. The van der Waals surface area contributed by atoms with Gasteiger partial charge in [0, 0.05) is 28.0 Å². The van der Waals surface area contributed by atoms with Gasteiger partial charge in [0.05, 0.1) is 5.56 Å². The third-order valence-electron chi connectivity index (χ3n) is 5.82. The Morgan fingerprint density at radius 3 is 2.17 bits per heavy atom. The minimum Gasteiger partial charge on any atom is -0.478 e. The van der Waals surface area contributed by atoms with Gasteiger partial charge in [0.2, 0.25) is 5.91 Å². The van der Waals surface area contributed by atoms with Crippen molar-refractivity contribution < 1.29 is 24.2 Å². The maximum Gasteiger partial charge on any atom is 0.407 e. The number of carboxylic acids is 1. The van der Waals surface area contributed by atoms with Crippen LogP contribution in [0.5, 0.6) is 0 Å². The number of benzene rings is 3. The van der Waals surface area contributed by atoms with Gasteiger partial charge in [0.25, 0.3) is 0 Å². The molecule has 8 heteroatoms. The number of amides is 2. The fourth-order valence-corrected chi connectivity index (χ4v) is 4.84. The number of carboxylic acid groups (broad SMARTS) is 1. The number of fused-ring (bicyclic) bond motifs is 3. The summed E-state index contributed by atoms with van der Waals surface area (Å²) >= 11 is 3.24. The minimum atomic E-state index is -1.10. The Hall–Kier alpha value is -3.65. The lowest BCUT2D eigenvalue weighted by Gasteiger charge is -2.26. The summed E-state index contributed by atoms with van der Waals surface area (Å²) in [5, 5.41) is 14.6. The molecule has 0 fully saturated rings. The first-order valence-electron chi connectivity index (χ1n) is 11.1. The second-order valence-corrected chi connectivity index (χ2v) is 10.0. The lowest BCUT2D eigenvalue weighted by molar-refractivity contribution is -0.117. The first-order valence-corrected chi connectivity index (χ1v) is 11.9. The molecule has 0 saturated heterocycles. The van der Waals surface area contributed by atoms with Gasteiger partial charge in [0.15, 0.2) is 0 Å². The number of carbonyl (C=O) groups excluding carboxylic acids is 2. The predicted molar refractivity (Wildman–Crippen MR) is 137 cm³/mol. The second-order valence-electron chi connectivity index (χ2n) is 9.09. The second kappa shape index (κ2) is 9.92. The zero-order valence-corrected chi connectivity index (χ0v) is 20.9. The van der Waals surface area contributed by atoms with Gasteiger partial charge >= 0.3 is 12.1 Å². The fraction of sp³-hybridized carbons (Fsp3) is 0.222. The van der Waals surface area contributed by atoms with Crippen LogP contribution in [0.4, 0.5) is 10.5 Å². The summed E-state index contributed by atoms with van der Waals surface area (Å²) in [7, 11) is 0. The summed E-state index contributed by atoms with van der Waals surface area (Å²) < 4.78 is 6.11. The number of aromatic carboxylic acids is 1. The van der Waals surface area contributed by atoms with Crippen LogP contribution in [0.15, 0.2) is 71.2 Å². The van der Waals surface area contributed by atoms with E-state index in [0.717, 1.165) is 22.3 Å². The van der Waals surface area contributed by atoms with Crippen LogP contribution in [0.1, 0.15) is 47.7 Å². The molecule has 1 aliphatic carbocycles. The van der Waals surface area contributed by atoms with E-state index in [1.54, 1.807) is 19.9 Å². The summed E-state index contributed by atoms with van der Waals surface area (Å²) in [4.78, 5) is 36.4. The lowest BCUT2D eigenvalue weighted by Crippen LogP contribution is -2.46. The molecular weight excluding hydrogens is 512 g/mol. The molecule has 0 atom stereocenters. The number of nitrogens with one attached hydrogen (secondary N) is 2. The van der Waals surface area contributed by atoms with Crippen LogP contribution in [-0.2, 0) is 9.53 Å². The van der Waals surface area contributed by atoms with Crippen molar-refractivity contribution in [3.63, 3.8) is 0 Å². The summed E-state index contributed by atoms with van der Waals surface area (Å²) in [5.74, 6) is -1.53. The van der Waals surface area contributed by atoms with Crippen LogP contribution in [-0.4, -0.2) is 35.2 Å². The quantitative estimate of drug-likeness (QED) is 0.354. The Labute approximate surface area is 211 Å². The largest absolute Gasteiger partial charge is 0.478 e. The highest BCUT2D eigenvalue weighted by atomic mass is 79.9. The van der Waals surface area contributed by atoms with E-state index >= 15 is 0 Å². The Morgan fingerprint density at radius 1 is 0.971 bits per heavy atom. The Balaban J connectivity index is 1.35. The number of anilines is 1. The SMILES string of the molecule is CC(C)(CC(=O)Nc1cc(Br)cc(C(=O)O)c1)NC(=O)OCC1c2ccccc2-c2ccccc21. The molecule has 0 unspecified atom stereocenters. The van der Waals surface area contributed by atoms with E-state index < -0.39 is 17.6 Å². The zero-order chi connectivity index (χ0) is 25.2. The summed E-state index contributed by atoms with van der Waals surface area (Å²) in [5.41, 5.74) is 4.03. The Kier molecular flexibility index (Phi) is 6.93. The third kappa shape index (κ3) is 5.71. The minimum absolute atomic E-state index is 0.0356. The number of halogens is 1. The number of hydrogen-bond donors (Lipinski definition) is 3. The number of alkyl carbamates (subject to hydrolysis) is 1. The molecule has 0 aliphatic heterocycles. The average Bonchev–Trinajstić information content (AvgIpc) is 3.10. The van der Waals surface area contributed by atoms with E-state index in [9.17, 15) is 19.5 Å². The summed E-state index contributed by atoms with van der Waals surface area (Å²) in [6.07, 6.45) is -0.646. The Bertz CT molecular complexity index is 1260. The van der Waals surface area contributed by atoms with Crippen LogP contribution in [0.3, 0.4) is 0 Å². The third-order valence-corrected chi connectivity index (χ3v) is 6.27. The Morgan fingerprint density at radius 2 is 1.57 bits per heavy atom. The molecule has 0 heterocycles. The topological polar surface area (TPSA) is 105 Å². The monoisotopic (exact) mass is 536 g/mol. The van der Waals surface area contributed by atoms with Gasteiger partial charge in [-0.25, -0.2) is 9.59 Å². The van der Waals surface area contributed by atoms with E-state index in [2.05, 4.69) is 38.7 Å². The van der Waals surface area contributed by atoms with Gasteiger partial charge in [-0.15, -0.1) is 0 Å². The zero-order valence-electron chi connectivity index (χ0n) is 19.3. The first-order chi connectivity index (χ1) is 16.6. The van der Waals surface area contributed by atoms with E-state index in [1.807, 2.05) is 36.4 Å². The summed E-state index contributed by atoms with van der Waals surface area (Å²) in [6.45, 7) is 3.62. The molecule has 35 heavy (non-hydrogen) atoms. The van der Waals surface area contributed by atoms with Gasteiger partial charge in [-0.1, -0.05) is 64.5 Å². The number of rotatable bonds is 7. The predicted octanol–water partition coefficient (Wildman–Crippen LogP) is 5.79. The van der Waals surface area contributed by atoms with Crippen molar-refractivity contribution in [3.05, 3.63) is 87.9 Å². The standard InChI is InChI=1S/C27H25BrN2O5/c1-27(2,14-24(31)29-18-12-16(25(32)33)11-17(28)13-18)30-26(34)35-15-23-21-9-5-3-7-19(21)20-8-4-6-10-22(20)23/h3-13,23H,14-15H2,1-2H3,(H,29,31)(H,30,34)(H,32,33). The molecule has 3 aromatic carbocycles. The van der Waals surface area contributed by atoms with Crippen LogP contribution < -0.4 is 10.6 Å². The maximum atomic E-state index is 12.6. The maximum absolute atomic E-state index is 12.6. The van der Waals surface area contributed by atoms with E-state index in [-0.39, 0.29) is 30.4 Å². The van der Waals surface area contributed by atoms with Crippen molar-refractivity contribution in [2.45, 2.75) is 31.7 Å². The molecule has 1 aliphatic rings. The lowest BCUT2D eigenvalue weighted by atomic mass is 9.98. The van der Waals surface area contributed by atoms with Crippen LogP contribution in [0.25, 0.3) is 11.1 Å². The van der Waals surface area contributed by atoms with Gasteiger partial charge in [0.1, 0.15) is 6.61 Å². The van der Waals surface area contributed by atoms with Crippen molar-refractivity contribution in [2.24, 2.45) is 0 Å². The molecule has 180 valence electrons. The van der Waals surface area contributed by atoms with Gasteiger partial charge < -0.3 is 20.5 Å². The van der Waals surface area contributed by atoms with Crippen LogP contribution in [0.2, 0.25) is 0 Å². The van der Waals surface area contributed by atoms with Crippen molar-refractivity contribution in [1.82, 2.24) is 5.32 Å². The average molecular weight is 537 g/mol. The molecule has 3 N–H and O–H groups in total. The molecule has 7 nitrogen and oxygen atoms in total. The summed E-state index contributed by atoms with van der Waals surface area (Å²) in [6, 6.07) is 20.6. The van der Waals surface area contributed by atoms with Gasteiger partial charge in [-0.3, -0.25) is 4.79 Å². The number of carbonyl (C=O) groups is 3. The van der Waals surface area contributed by atoms with Crippen molar-refractivity contribution >= 4 is 39.6 Å². The molecule has 0 radical (unpaired) electrons. The van der Waals surface area contributed by atoms with E-state index in [4.69, 9.17) is 4.74 Å². The van der Waals surface area contributed by atoms with Crippen molar-refractivity contribution in [1.29, 1.82) is 0 Å². The number of ether oxygens (including phenoxy) is 1. The smallest absolute Gasteiger partial charge is 0.407 e. The van der Waals surface area contributed by atoms with Gasteiger partial charge in [-0.05, 0) is 54.3 Å². The number of hydrogen-bond acceptors (Lipinski definition) is 4. The highest BCUT2D eigenvalue weighted by Gasteiger charge is 2.30. The molecule has 0 spiro atoms. The normalized spacial score (nSPS) is 12.4. The molecule has 4 rings (SSSR count). The van der Waals surface area contributed by atoms with E-state index in [0.29, 0.717) is 10.2 Å². The fourth-order valence-electron chi connectivity index (χ4n) is 4.35. The molecule has 0 saturated carbocycles. The van der Waals surface area contributed by atoms with Gasteiger partial charge in [-0.2, -0.15) is 0 Å². The molecule has 0 bridgehead atoms. The van der Waals surface area contributed by atoms with Crippen LogP contribution >= 0.6 is 15.9 Å². The van der Waals surface area contributed by atoms with Crippen molar-refractivity contribution in [2.75, 3.05) is 11.9 Å². The molecule has 0 aromatic heterocycles. The van der Waals surface area contributed by atoms with E-state index in [1.165, 1.54) is 12.1 Å².